The SMILES string of the molecule is Cn1c(CO)cc2c(F)cccc21. The topological polar surface area (TPSA) is 25.2 Å². The molecule has 0 saturated heterocycles. The van der Waals surface area contributed by atoms with Crippen molar-refractivity contribution in [2.75, 3.05) is 0 Å². The Labute approximate surface area is 75.2 Å². The molecule has 0 spiro atoms. The van der Waals surface area contributed by atoms with Crippen molar-refractivity contribution in [2.24, 2.45) is 7.05 Å². The zero-order chi connectivity index (χ0) is 9.42. The van der Waals surface area contributed by atoms with E-state index in [0.717, 1.165) is 11.2 Å². The van der Waals surface area contributed by atoms with Crippen molar-refractivity contribution in [1.82, 2.24) is 4.57 Å². The van der Waals surface area contributed by atoms with E-state index in [1.165, 1.54) is 6.07 Å². The van der Waals surface area contributed by atoms with Crippen LogP contribution in [0.25, 0.3) is 10.9 Å². The molecule has 0 unspecified atom stereocenters. The fourth-order valence-corrected chi connectivity index (χ4v) is 1.53. The molecular formula is C10H10FNO. The van der Waals surface area contributed by atoms with Gasteiger partial charge in [-0.2, -0.15) is 0 Å². The second-order valence-corrected chi connectivity index (χ2v) is 3.03. The number of aliphatic hydroxyl groups excluding tert-OH is 1. The number of aromatic nitrogens is 1. The standard InChI is InChI=1S/C10H10FNO/c1-12-7(6-13)5-8-9(11)3-2-4-10(8)12/h2-5,13H,6H2,1H3. The van der Waals surface area contributed by atoms with Gasteiger partial charge in [0, 0.05) is 18.1 Å². The third kappa shape index (κ3) is 1.12. The Bertz CT molecular complexity index is 447. The lowest BCUT2D eigenvalue weighted by atomic mass is 10.2. The second kappa shape index (κ2) is 2.85. The van der Waals surface area contributed by atoms with Gasteiger partial charge in [-0.3, -0.25) is 0 Å². The number of aryl methyl sites for hydroxylation is 1. The zero-order valence-electron chi connectivity index (χ0n) is 7.29. The predicted octanol–water partition coefficient (Wildman–Crippen LogP) is 1.81. The van der Waals surface area contributed by atoms with E-state index in [1.807, 2.05) is 13.1 Å². The third-order valence-electron chi connectivity index (χ3n) is 2.30. The molecule has 0 aliphatic rings. The first-order valence-electron chi connectivity index (χ1n) is 4.07. The van der Waals surface area contributed by atoms with Crippen molar-refractivity contribution in [3.63, 3.8) is 0 Å². The summed E-state index contributed by atoms with van der Waals surface area (Å²) in [4.78, 5) is 0. The minimum atomic E-state index is -0.243. The van der Waals surface area contributed by atoms with Crippen LogP contribution in [-0.4, -0.2) is 9.67 Å². The summed E-state index contributed by atoms with van der Waals surface area (Å²) < 4.78 is 15.0. The van der Waals surface area contributed by atoms with Gasteiger partial charge >= 0.3 is 0 Å². The summed E-state index contributed by atoms with van der Waals surface area (Å²) in [5, 5.41) is 9.53. The first-order valence-corrected chi connectivity index (χ1v) is 4.07. The van der Waals surface area contributed by atoms with Crippen LogP contribution in [0.2, 0.25) is 0 Å². The Morgan fingerprint density at radius 1 is 1.46 bits per heavy atom. The summed E-state index contributed by atoms with van der Waals surface area (Å²) in [6.45, 7) is -0.0649. The molecule has 2 aromatic rings. The van der Waals surface area contributed by atoms with Crippen LogP contribution in [0, 0.1) is 5.82 Å². The minimum absolute atomic E-state index is 0.0649. The molecule has 0 radical (unpaired) electrons. The molecule has 1 aromatic carbocycles. The van der Waals surface area contributed by atoms with Crippen LogP contribution in [0.1, 0.15) is 5.69 Å². The van der Waals surface area contributed by atoms with Crippen LogP contribution in [0.5, 0.6) is 0 Å². The maximum atomic E-state index is 13.2. The highest BCUT2D eigenvalue weighted by molar-refractivity contribution is 5.81. The molecule has 0 saturated carbocycles. The molecule has 1 N–H and O–H groups in total. The summed E-state index contributed by atoms with van der Waals surface area (Å²) in [7, 11) is 1.81. The fourth-order valence-electron chi connectivity index (χ4n) is 1.53. The second-order valence-electron chi connectivity index (χ2n) is 3.03. The number of hydrogen-bond donors (Lipinski definition) is 1. The van der Waals surface area contributed by atoms with Gasteiger partial charge in [0.1, 0.15) is 5.82 Å². The lowest BCUT2D eigenvalue weighted by Crippen LogP contribution is -1.94. The van der Waals surface area contributed by atoms with Gasteiger partial charge in [0.25, 0.3) is 0 Å². The van der Waals surface area contributed by atoms with Crippen LogP contribution in [0.4, 0.5) is 4.39 Å². The Kier molecular flexibility index (Phi) is 1.81. The molecule has 13 heavy (non-hydrogen) atoms. The van der Waals surface area contributed by atoms with Crippen LogP contribution >= 0.6 is 0 Å². The zero-order valence-corrected chi connectivity index (χ0v) is 7.29. The van der Waals surface area contributed by atoms with E-state index in [0.29, 0.717) is 5.39 Å². The van der Waals surface area contributed by atoms with E-state index in [-0.39, 0.29) is 12.4 Å². The molecular weight excluding hydrogens is 169 g/mol. The van der Waals surface area contributed by atoms with E-state index in [4.69, 9.17) is 5.11 Å². The van der Waals surface area contributed by atoms with Gasteiger partial charge in [0.2, 0.25) is 0 Å². The van der Waals surface area contributed by atoms with Crippen molar-refractivity contribution in [3.8, 4) is 0 Å². The predicted molar refractivity (Wildman–Crippen MR) is 48.8 cm³/mol. The summed E-state index contributed by atoms with van der Waals surface area (Å²) in [5.74, 6) is -0.243. The molecule has 0 aliphatic carbocycles. The molecule has 1 heterocycles. The summed E-state index contributed by atoms with van der Waals surface area (Å²) >= 11 is 0. The number of benzene rings is 1. The minimum Gasteiger partial charge on any atom is -0.390 e. The molecule has 1 aromatic heterocycles. The molecule has 68 valence electrons. The lowest BCUT2D eigenvalue weighted by molar-refractivity contribution is 0.273. The number of nitrogens with zero attached hydrogens (tertiary/aromatic N) is 1. The van der Waals surface area contributed by atoms with Crippen molar-refractivity contribution in [2.45, 2.75) is 6.61 Å². The van der Waals surface area contributed by atoms with Crippen LogP contribution in [0.3, 0.4) is 0 Å². The monoisotopic (exact) mass is 179 g/mol. The maximum Gasteiger partial charge on any atom is 0.132 e. The van der Waals surface area contributed by atoms with Gasteiger partial charge in [-0.15, -0.1) is 0 Å². The van der Waals surface area contributed by atoms with Crippen LogP contribution in [0.15, 0.2) is 24.3 Å². The average molecular weight is 179 g/mol. The average Bonchev–Trinajstić information content (AvgIpc) is 2.45. The quantitative estimate of drug-likeness (QED) is 0.709. The number of rotatable bonds is 1. The van der Waals surface area contributed by atoms with E-state index >= 15 is 0 Å². The van der Waals surface area contributed by atoms with E-state index in [2.05, 4.69) is 0 Å². The first-order chi connectivity index (χ1) is 6.24. The molecule has 0 fully saturated rings. The van der Waals surface area contributed by atoms with Gasteiger partial charge in [-0.25, -0.2) is 4.39 Å². The Morgan fingerprint density at radius 2 is 2.23 bits per heavy atom. The molecule has 0 atom stereocenters. The highest BCUT2D eigenvalue weighted by atomic mass is 19.1. The van der Waals surface area contributed by atoms with E-state index in [1.54, 1.807) is 16.7 Å². The number of halogens is 1. The van der Waals surface area contributed by atoms with Gasteiger partial charge in [-0.1, -0.05) is 6.07 Å². The number of fused-ring (bicyclic) bond motifs is 1. The van der Waals surface area contributed by atoms with Crippen molar-refractivity contribution < 1.29 is 9.50 Å². The summed E-state index contributed by atoms with van der Waals surface area (Å²) in [5.41, 5.74) is 1.53. The number of hydrogen-bond acceptors (Lipinski definition) is 1. The normalized spacial score (nSPS) is 11.0. The molecule has 3 heteroatoms. The Hall–Kier alpha value is -1.35. The van der Waals surface area contributed by atoms with Crippen LogP contribution in [-0.2, 0) is 13.7 Å². The lowest BCUT2D eigenvalue weighted by Gasteiger charge is -1.99. The first kappa shape index (κ1) is 8.26. The Morgan fingerprint density at radius 3 is 2.85 bits per heavy atom. The van der Waals surface area contributed by atoms with E-state index < -0.39 is 0 Å². The van der Waals surface area contributed by atoms with Gasteiger partial charge in [0.05, 0.1) is 12.1 Å². The highest BCUT2D eigenvalue weighted by Crippen LogP contribution is 2.21. The smallest absolute Gasteiger partial charge is 0.132 e. The van der Waals surface area contributed by atoms with Crippen LogP contribution < -0.4 is 0 Å². The highest BCUT2D eigenvalue weighted by Gasteiger charge is 2.07. The molecule has 0 bridgehead atoms. The molecule has 0 amide bonds. The van der Waals surface area contributed by atoms with E-state index in [9.17, 15) is 4.39 Å². The maximum absolute atomic E-state index is 13.2. The van der Waals surface area contributed by atoms with Crippen molar-refractivity contribution in [1.29, 1.82) is 0 Å². The molecule has 0 aliphatic heterocycles. The van der Waals surface area contributed by atoms with Gasteiger partial charge in [0.15, 0.2) is 0 Å². The molecule has 2 rings (SSSR count). The summed E-state index contributed by atoms with van der Waals surface area (Å²) in [6.07, 6.45) is 0. The fraction of sp³-hybridized carbons (Fsp3) is 0.200. The third-order valence-corrected chi connectivity index (χ3v) is 2.30. The van der Waals surface area contributed by atoms with Gasteiger partial charge in [-0.05, 0) is 18.2 Å². The van der Waals surface area contributed by atoms with Crippen molar-refractivity contribution >= 4 is 10.9 Å². The summed E-state index contributed by atoms with van der Waals surface area (Å²) in [6, 6.07) is 6.59. The van der Waals surface area contributed by atoms with Crippen molar-refractivity contribution in [3.05, 3.63) is 35.8 Å². The Balaban J connectivity index is 2.83. The largest absolute Gasteiger partial charge is 0.390 e. The van der Waals surface area contributed by atoms with Gasteiger partial charge < -0.3 is 9.67 Å². The molecule has 2 nitrogen and oxygen atoms in total. The number of aliphatic hydroxyl groups is 1.